The van der Waals surface area contributed by atoms with Crippen molar-refractivity contribution in [2.24, 2.45) is 0 Å². The molecule has 0 fully saturated rings. The van der Waals surface area contributed by atoms with E-state index in [0.717, 1.165) is 27.1 Å². The van der Waals surface area contributed by atoms with E-state index in [1.54, 1.807) is 0 Å². The van der Waals surface area contributed by atoms with Crippen LogP contribution in [0.4, 0.5) is 0 Å². The second-order valence-corrected chi connectivity index (χ2v) is 7.56. The first-order chi connectivity index (χ1) is 12.9. The van der Waals surface area contributed by atoms with Crippen LogP contribution in [0.5, 0.6) is 0 Å². The molecule has 1 heterocycles. The van der Waals surface area contributed by atoms with Crippen molar-refractivity contribution >= 4 is 34.4 Å². The summed E-state index contributed by atoms with van der Waals surface area (Å²) in [5.74, 6) is 0.338. The largest absolute Gasteiger partial charge is 0.352 e. The number of Topliss-reactive ketones (excluding diaryl/α,β-unsaturated/α-hetero) is 1. The van der Waals surface area contributed by atoms with Crippen molar-refractivity contribution in [3.05, 3.63) is 70.8 Å². The summed E-state index contributed by atoms with van der Waals surface area (Å²) in [6.45, 7) is 6.08. The van der Waals surface area contributed by atoms with Crippen molar-refractivity contribution in [1.82, 2.24) is 10.3 Å². The van der Waals surface area contributed by atoms with Crippen LogP contribution in [-0.2, 0) is 11.3 Å². The third-order valence-corrected chi connectivity index (χ3v) is 5.30. The van der Waals surface area contributed by atoms with Crippen LogP contribution in [-0.4, -0.2) is 22.4 Å². The van der Waals surface area contributed by atoms with Gasteiger partial charge in [-0.1, -0.05) is 54.2 Å². The molecular weight excluding hydrogens is 356 g/mol. The molecule has 27 heavy (non-hydrogen) atoms. The van der Waals surface area contributed by atoms with Crippen LogP contribution < -0.4 is 5.32 Å². The van der Waals surface area contributed by atoms with Crippen LogP contribution in [0.25, 0.3) is 10.9 Å². The summed E-state index contributed by atoms with van der Waals surface area (Å²) in [4.78, 5) is 28.2. The van der Waals surface area contributed by atoms with Gasteiger partial charge in [0.05, 0.1) is 16.3 Å². The Morgan fingerprint density at radius 3 is 2.48 bits per heavy atom. The van der Waals surface area contributed by atoms with Crippen LogP contribution in [0.2, 0.25) is 0 Å². The Morgan fingerprint density at radius 1 is 1.04 bits per heavy atom. The molecule has 1 aromatic heterocycles. The minimum atomic E-state index is -0.0695. The molecule has 4 nitrogen and oxygen atoms in total. The molecule has 1 N–H and O–H groups in total. The highest BCUT2D eigenvalue weighted by Crippen LogP contribution is 2.26. The maximum atomic E-state index is 12.5. The van der Waals surface area contributed by atoms with E-state index < -0.39 is 0 Å². The number of nitrogens with zero attached hydrogens (tertiary/aromatic N) is 1. The number of ketones is 1. The topological polar surface area (TPSA) is 59.1 Å². The minimum Gasteiger partial charge on any atom is -0.352 e. The molecule has 0 bridgehead atoms. The molecule has 0 radical (unpaired) electrons. The number of benzene rings is 2. The zero-order valence-corrected chi connectivity index (χ0v) is 16.5. The van der Waals surface area contributed by atoms with Gasteiger partial charge in [-0.2, -0.15) is 0 Å². The number of thioether (sulfide) groups is 1. The maximum Gasteiger partial charge on any atom is 0.217 e. The Balaban J connectivity index is 1.68. The quantitative estimate of drug-likeness (QED) is 0.508. The number of aryl methyl sites for hydroxylation is 2. The SMILES string of the molecule is CC(=O)NCc1ccc(C(=O)CSc2cc(C)c3cccc(C)c3n2)cc1. The number of hydrogen-bond donors (Lipinski definition) is 1. The number of pyridine rings is 1. The Kier molecular flexibility index (Phi) is 5.91. The molecule has 5 heteroatoms. The van der Waals surface area contributed by atoms with E-state index in [4.69, 9.17) is 4.98 Å². The number of carbonyl (C=O) groups is 2. The minimum absolute atomic E-state index is 0.0652. The van der Waals surface area contributed by atoms with Gasteiger partial charge in [-0.25, -0.2) is 4.98 Å². The van der Waals surface area contributed by atoms with Crippen molar-refractivity contribution in [3.63, 3.8) is 0 Å². The number of rotatable bonds is 6. The van der Waals surface area contributed by atoms with E-state index in [-0.39, 0.29) is 11.7 Å². The molecule has 0 aliphatic carbocycles. The van der Waals surface area contributed by atoms with Crippen molar-refractivity contribution < 1.29 is 9.59 Å². The highest BCUT2D eigenvalue weighted by atomic mass is 32.2. The molecule has 3 rings (SSSR count). The van der Waals surface area contributed by atoms with Gasteiger partial charge in [0.25, 0.3) is 0 Å². The lowest BCUT2D eigenvalue weighted by Crippen LogP contribution is -2.18. The number of para-hydroxylation sites is 1. The van der Waals surface area contributed by atoms with E-state index in [0.29, 0.717) is 17.9 Å². The third kappa shape index (κ3) is 4.74. The van der Waals surface area contributed by atoms with Crippen LogP contribution in [0.3, 0.4) is 0 Å². The van der Waals surface area contributed by atoms with Gasteiger partial charge in [0, 0.05) is 24.4 Å². The molecule has 0 atom stereocenters. The summed E-state index contributed by atoms with van der Waals surface area (Å²) in [7, 11) is 0. The summed E-state index contributed by atoms with van der Waals surface area (Å²) in [5.41, 5.74) is 4.94. The molecule has 0 unspecified atom stereocenters. The molecule has 0 aliphatic rings. The lowest BCUT2D eigenvalue weighted by Gasteiger charge is -2.08. The Labute approximate surface area is 163 Å². The molecule has 3 aromatic rings. The second kappa shape index (κ2) is 8.35. The van der Waals surface area contributed by atoms with Crippen molar-refractivity contribution in [2.45, 2.75) is 32.3 Å². The molecule has 2 aromatic carbocycles. The highest BCUT2D eigenvalue weighted by Gasteiger charge is 2.10. The van der Waals surface area contributed by atoms with Gasteiger partial charge in [-0.05, 0) is 36.6 Å². The summed E-state index contributed by atoms with van der Waals surface area (Å²) in [5, 5.41) is 4.76. The van der Waals surface area contributed by atoms with Crippen molar-refractivity contribution in [2.75, 3.05) is 5.75 Å². The summed E-state index contributed by atoms with van der Waals surface area (Å²) in [6, 6.07) is 15.6. The van der Waals surface area contributed by atoms with E-state index >= 15 is 0 Å². The monoisotopic (exact) mass is 378 g/mol. The number of fused-ring (bicyclic) bond motifs is 1. The highest BCUT2D eigenvalue weighted by molar-refractivity contribution is 7.99. The summed E-state index contributed by atoms with van der Waals surface area (Å²) in [6.07, 6.45) is 0. The molecule has 0 spiro atoms. The fourth-order valence-electron chi connectivity index (χ4n) is 2.86. The van der Waals surface area contributed by atoms with Crippen molar-refractivity contribution in [3.8, 4) is 0 Å². The fraction of sp³-hybridized carbons (Fsp3) is 0.227. The number of amides is 1. The second-order valence-electron chi connectivity index (χ2n) is 6.57. The number of aromatic nitrogens is 1. The number of carbonyl (C=O) groups excluding carboxylic acids is 2. The standard InChI is InChI=1S/C22H22N2O2S/c1-14-5-4-6-19-15(2)11-21(24-22(14)19)27-13-20(26)18-9-7-17(8-10-18)12-23-16(3)25/h4-11H,12-13H2,1-3H3,(H,23,25). The zero-order chi connectivity index (χ0) is 19.4. The average Bonchev–Trinajstić information content (AvgIpc) is 2.66. The number of nitrogens with one attached hydrogen (secondary N) is 1. The van der Waals surface area contributed by atoms with E-state index in [2.05, 4.69) is 31.3 Å². The van der Waals surface area contributed by atoms with Gasteiger partial charge < -0.3 is 5.32 Å². The maximum absolute atomic E-state index is 12.5. The molecule has 0 saturated heterocycles. The van der Waals surface area contributed by atoms with E-state index in [9.17, 15) is 9.59 Å². The van der Waals surface area contributed by atoms with Gasteiger partial charge in [0.2, 0.25) is 5.91 Å². The average molecular weight is 378 g/mol. The van der Waals surface area contributed by atoms with Gasteiger partial charge in [0.1, 0.15) is 0 Å². The summed E-state index contributed by atoms with van der Waals surface area (Å²) < 4.78 is 0. The zero-order valence-electron chi connectivity index (χ0n) is 15.7. The van der Waals surface area contributed by atoms with Gasteiger partial charge >= 0.3 is 0 Å². The van der Waals surface area contributed by atoms with Gasteiger partial charge in [-0.15, -0.1) is 0 Å². The van der Waals surface area contributed by atoms with E-state index in [1.807, 2.05) is 36.4 Å². The first-order valence-electron chi connectivity index (χ1n) is 8.80. The van der Waals surface area contributed by atoms with Crippen LogP contribution >= 0.6 is 11.8 Å². The number of hydrogen-bond acceptors (Lipinski definition) is 4. The van der Waals surface area contributed by atoms with Crippen LogP contribution in [0.15, 0.2) is 53.6 Å². The first kappa shape index (κ1) is 19.1. The van der Waals surface area contributed by atoms with E-state index in [1.165, 1.54) is 24.2 Å². The molecular formula is C22H22N2O2S. The lowest BCUT2D eigenvalue weighted by atomic mass is 10.1. The first-order valence-corrected chi connectivity index (χ1v) is 9.79. The van der Waals surface area contributed by atoms with Gasteiger partial charge in [-0.3, -0.25) is 9.59 Å². The Bertz CT molecular complexity index is 997. The molecule has 1 amide bonds. The molecule has 0 saturated carbocycles. The normalized spacial score (nSPS) is 10.8. The smallest absolute Gasteiger partial charge is 0.217 e. The Morgan fingerprint density at radius 2 is 1.78 bits per heavy atom. The van der Waals surface area contributed by atoms with Crippen LogP contribution in [0.1, 0.15) is 34.0 Å². The lowest BCUT2D eigenvalue weighted by molar-refractivity contribution is -0.119. The summed E-state index contributed by atoms with van der Waals surface area (Å²) >= 11 is 1.46. The fourth-order valence-corrected chi connectivity index (χ4v) is 3.72. The third-order valence-electron chi connectivity index (χ3n) is 4.39. The van der Waals surface area contributed by atoms with Crippen molar-refractivity contribution in [1.29, 1.82) is 0 Å². The molecule has 0 aliphatic heterocycles. The molecule has 138 valence electrons. The van der Waals surface area contributed by atoms with Crippen LogP contribution in [0, 0.1) is 13.8 Å². The predicted molar refractivity (Wildman–Crippen MR) is 110 cm³/mol. The predicted octanol–water partition coefficient (Wildman–Crippen LogP) is 4.46. The Hall–Kier alpha value is -2.66. The van der Waals surface area contributed by atoms with Gasteiger partial charge in [0.15, 0.2) is 5.78 Å².